The fourth-order valence-corrected chi connectivity index (χ4v) is 3.23. The third-order valence-corrected chi connectivity index (χ3v) is 5.20. The molecule has 2 fully saturated rings. The van der Waals surface area contributed by atoms with Crippen LogP contribution in [0.3, 0.4) is 0 Å². The first-order valence-electron chi connectivity index (χ1n) is 7.86. The maximum Gasteiger partial charge on any atom is 0.462 e. The van der Waals surface area contributed by atoms with Crippen molar-refractivity contribution in [1.29, 1.82) is 0 Å². The highest BCUT2D eigenvalue weighted by Gasteiger charge is 2.51. The second kappa shape index (κ2) is 5.61. The van der Waals surface area contributed by atoms with E-state index in [1.807, 2.05) is 0 Å². The fraction of sp³-hybridized carbons (Fsp3) is 0.875. The molecule has 19 heavy (non-hydrogen) atoms. The molecule has 0 unspecified atom stereocenters. The van der Waals surface area contributed by atoms with E-state index in [0.717, 1.165) is 12.2 Å². The van der Waals surface area contributed by atoms with Gasteiger partial charge in [-0.3, -0.25) is 0 Å². The summed E-state index contributed by atoms with van der Waals surface area (Å²) in [5, 5.41) is 0. The predicted molar refractivity (Wildman–Crippen MR) is 81.2 cm³/mol. The summed E-state index contributed by atoms with van der Waals surface area (Å²) in [6, 6.07) is 0. The first-order chi connectivity index (χ1) is 8.86. The third kappa shape index (κ3) is 3.25. The van der Waals surface area contributed by atoms with Crippen LogP contribution in [0.4, 0.5) is 0 Å². The van der Waals surface area contributed by atoms with Crippen LogP contribution in [-0.4, -0.2) is 18.3 Å². The summed E-state index contributed by atoms with van der Waals surface area (Å²) in [5.74, 6) is 0.762. The van der Waals surface area contributed by atoms with E-state index in [0.29, 0.717) is 0 Å². The molecule has 0 aromatic rings. The lowest BCUT2D eigenvalue weighted by Crippen LogP contribution is -2.41. The number of hydrogen-bond acceptors (Lipinski definition) is 2. The Hall–Kier alpha value is -0.275. The second-order valence-corrected chi connectivity index (χ2v) is 7.09. The van der Waals surface area contributed by atoms with Crippen LogP contribution in [0.15, 0.2) is 11.6 Å². The Bertz CT molecular complexity index is 325. The maximum atomic E-state index is 6.12. The van der Waals surface area contributed by atoms with Gasteiger partial charge in [0.1, 0.15) is 0 Å². The topological polar surface area (TPSA) is 18.5 Å². The Morgan fingerprint density at radius 1 is 1.05 bits per heavy atom. The molecule has 0 radical (unpaired) electrons. The Morgan fingerprint density at radius 3 is 2.05 bits per heavy atom. The van der Waals surface area contributed by atoms with Gasteiger partial charge in [-0.05, 0) is 53.4 Å². The van der Waals surface area contributed by atoms with Gasteiger partial charge in [0.05, 0.1) is 11.2 Å². The van der Waals surface area contributed by atoms with Crippen LogP contribution in [0.2, 0.25) is 6.32 Å². The van der Waals surface area contributed by atoms with Crippen LogP contribution in [-0.2, 0) is 9.31 Å². The van der Waals surface area contributed by atoms with Crippen molar-refractivity contribution in [3.8, 4) is 0 Å². The summed E-state index contributed by atoms with van der Waals surface area (Å²) in [6.45, 7) is 10.7. The normalized spacial score (nSPS) is 27.8. The quantitative estimate of drug-likeness (QED) is 0.547. The van der Waals surface area contributed by atoms with E-state index in [2.05, 4.69) is 40.7 Å². The molecule has 2 aliphatic rings. The molecule has 1 aliphatic heterocycles. The maximum absolute atomic E-state index is 6.12. The molecule has 3 heteroatoms. The molecule has 0 amide bonds. The first kappa shape index (κ1) is 15.1. The van der Waals surface area contributed by atoms with Gasteiger partial charge in [-0.15, -0.1) is 0 Å². The number of allylic oxidation sites excluding steroid dienone is 2. The minimum absolute atomic E-state index is 0.0712. The highest BCUT2D eigenvalue weighted by molar-refractivity contribution is 6.46. The van der Waals surface area contributed by atoms with Gasteiger partial charge in [-0.2, -0.15) is 0 Å². The highest BCUT2D eigenvalue weighted by atomic mass is 16.7. The molecule has 0 N–H and O–H groups in total. The van der Waals surface area contributed by atoms with E-state index >= 15 is 0 Å². The van der Waals surface area contributed by atoms with Crippen LogP contribution in [0.25, 0.3) is 0 Å². The van der Waals surface area contributed by atoms with E-state index in [-0.39, 0.29) is 18.3 Å². The van der Waals surface area contributed by atoms with Crippen molar-refractivity contribution in [2.24, 2.45) is 5.92 Å². The average Bonchev–Trinajstić information content (AvgIpc) is 2.56. The molecule has 1 saturated carbocycles. The summed E-state index contributed by atoms with van der Waals surface area (Å²) < 4.78 is 12.2. The minimum atomic E-state index is -0.205. The zero-order valence-corrected chi connectivity index (χ0v) is 13.3. The molecule has 0 aromatic carbocycles. The largest absolute Gasteiger partial charge is 0.462 e. The van der Waals surface area contributed by atoms with Crippen molar-refractivity contribution < 1.29 is 9.31 Å². The lowest BCUT2D eigenvalue weighted by Gasteiger charge is -2.32. The zero-order chi connectivity index (χ0) is 14.1. The summed E-state index contributed by atoms with van der Waals surface area (Å²) in [7, 11) is -0.0712. The van der Waals surface area contributed by atoms with Gasteiger partial charge >= 0.3 is 7.12 Å². The average molecular weight is 264 g/mol. The van der Waals surface area contributed by atoms with Gasteiger partial charge in [0.25, 0.3) is 0 Å². The number of hydrogen-bond donors (Lipinski definition) is 0. The third-order valence-electron chi connectivity index (χ3n) is 5.20. The Balaban J connectivity index is 1.97. The van der Waals surface area contributed by atoms with Gasteiger partial charge in [0.2, 0.25) is 0 Å². The minimum Gasteiger partial charge on any atom is -0.403 e. The van der Waals surface area contributed by atoms with E-state index in [1.54, 1.807) is 5.57 Å². The summed E-state index contributed by atoms with van der Waals surface area (Å²) in [6.07, 6.45) is 10.1. The fourth-order valence-electron chi connectivity index (χ4n) is 3.23. The van der Waals surface area contributed by atoms with Crippen molar-refractivity contribution in [3.05, 3.63) is 11.6 Å². The van der Waals surface area contributed by atoms with E-state index in [4.69, 9.17) is 9.31 Å². The van der Waals surface area contributed by atoms with Crippen molar-refractivity contribution in [3.63, 3.8) is 0 Å². The van der Waals surface area contributed by atoms with Gasteiger partial charge in [-0.25, -0.2) is 0 Å². The van der Waals surface area contributed by atoms with Crippen LogP contribution in [0, 0.1) is 5.92 Å². The van der Waals surface area contributed by atoms with Gasteiger partial charge < -0.3 is 9.31 Å². The second-order valence-electron chi connectivity index (χ2n) is 7.09. The van der Waals surface area contributed by atoms with E-state index < -0.39 is 0 Å². The van der Waals surface area contributed by atoms with Crippen LogP contribution in [0.5, 0.6) is 0 Å². The smallest absolute Gasteiger partial charge is 0.403 e. The van der Waals surface area contributed by atoms with E-state index in [9.17, 15) is 0 Å². The van der Waals surface area contributed by atoms with Crippen LogP contribution >= 0.6 is 0 Å². The lowest BCUT2D eigenvalue weighted by molar-refractivity contribution is 0.00578. The van der Waals surface area contributed by atoms with Gasteiger partial charge in [-0.1, -0.05) is 30.9 Å². The first-order valence-corrected chi connectivity index (χ1v) is 7.86. The predicted octanol–water partition coefficient (Wildman–Crippen LogP) is 4.61. The van der Waals surface area contributed by atoms with Gasteiger partial charge in [0.15, 0.2) is 0 Å². The van der Waals surface area contributed by atoms with Crippen molar-refractivity contribution in [1.82, 2.24) is 0 Å². The Morgan fingerprint density at radius 2 is 1.58 bits per heavy atom. The van der Waals surface area contributed by atoms with Crippen molar-refractivity contribution in [2.45, 2.75) is 84.2 Å². The highest BCUT2D eigenvalue weighted by Crippen LogP contribution is 2.40. The van der Waals surface area contributed by atoms with Crippen LogP contribution < -0.4 is 0 Å². The SMILES string of the molecule is C/C=C(\CB1OC(C)(C)C(C)(C)O1)C1CCCCC1. The Kier molecular flexibility index (Phi) is 4.47. The number of rotatable bonds is 3. The lowest BCUT2D eigenvalue weighted by atomic mass is 9.72. The molecule has 0 atom stereocenters. The molecular weight excluding hydrogens is 235 g/mol. The van der Waals surface area contributed by atoms with Crippen LogP contribution in [0.1, 0.15) is 66.7 Å². The Labute approximate surface area is 119 Å². The van der Waals surface area contributed by atoms with Gasteiger partial charge in [0, 0.05) is 6.32 Å². The molecule has 1 aliphatic carbocycles. The molecule has 0 spiro atoms. The van der Waals surface area contributed by atoms with Crippen molar-refractivity contribution >= 4 is 7.12 Å². The molecule has 108 valence electrons. The molecule has 1 heterocycles. The molecule has 0 aromatic heterocycles. The van der Waals surface area contributed by atoms with Crippen molar-refractivity contribution in [2.75, 3.05) is 0 Å². The van der Waals surface area contributed by atoms with E-state index in [1.165, 1.54) is 32.1 Å². The monoisotopic (exact) mass is 264 g/mol. The molecule has 2 nitrogen and oxygen atoms in total. The molecule has 0 bridgehead atoms. The summed E-state index contributed by atoms with van der Waals surface area (Å²) in [4.78, 5) is 0. The molecule has 1 saturated heterocycles. The molecule has 2 rings (SSSR count). The summed E-state index contributed by atoms with van der Waals surface area (Å²) >= 11 is 0. The summed E-state index contributed by atoms with van der Waals surface area (Å²) in [5.41, 5.74) is 1.13. The molecular formula is C16H29BO2. The standard InChI is InChI=1S/C16H29BO2/c1-6-13(14-10-8-7-9-11-14)12-17-18-15(2,3)16(4,5)19-17/h6,14H,7-12H2,1-5H3/b13-6+. The zero-order valence-electron chi connectivity index (χ0n) is 13.3.